The lowest BCUT2D eigenvalue weighted by molar-refractivity contribution is 0.0693. The number of hydrogen-bond acceptors (Lipinski definition) is 3. The first-order chi connectivity index (χ1) is 8.58. The highest BCUT2D eigenvalue weighted by Gasteiger charge is 2.13. The van der Waals surface area contributed by atoms with Gasteiger partial charge in [-0.1, -0.05) is 11.6 Å². The van der Waals surface area contributed by atoms with E-state index in [0.717, 1.165) is 12.3 Å². The van der Waals surface area contributed by atoms with E-state index in [1.165, 1.54) is 24.4 Å². The Morgan fingerprint density at radius 2 is 2.11 bits per heavy atom. The molecule has 4 nitrogen and oxygen atoms in total. The molecule has 0 aliphatic heterocycles. The molecule has 0 aliphatic carbocycles. The van der Waals surface area contributed by atoms with Gasteiger partial charge in [0.2, 0.25) is 0 Å². The third-order valence-corrected chi connectivity index (χ3v) is 2.42. The number of aromatic nitrogens is 1. The van der Waals surface area contributed by atoms with Gasteiger partial charge >= 0.3 is 5.97 Å². The maximum absolute atomic E-state index is 12.8. The monoisotopic (exact) mass is 267 g/mol. The van der Waals surface area contributed by atoms with Gasteiger partial charge in [0.1, 0.15) is 22.9 Å². The van der Waals surface area contributed by atoms with Gasteiger partial charge in [-0.15, -0.1) is 0 Å². The van der Waals surface area contributed by atoms with Gasteiger partial charge in [-0.25, -0.2) is 9.18 Å². The van der Waals surface area contributed by atoms with Crippen molar-refractivity contribution in [1.82, 2.24) is 4.98 Å². The van der Waals surface area contributed by atoms with E-state index < -0.39 is 11.8 Å². The Hall–Kier alpha value is -2.14. The van der Waals surface area contributed by atoms with Crippen LogP contribution in [0.25, 0.3) is 0 Å². The normalized spacial score (nSPS) is 10.1. The van der Waals surface area contributed by atoms with Crippen molar-refractivity contribution in [2.45, 2.75) is 0 Å². The summed E-state index contributed by atoms with van der Waals surface area (Å²) in [5.74, 6) is -1.41. The van der Waals surface area contributed by atoms with Crippen LogP contribution in [0, 0.1) is 5.82 Å². The molecule has 1 aromatic heterocycles. The van der Waals surface area contributed by atoms with E-state index in [1.807, 2.05) is 0 Å². The van der Waals surface area contributed by atoms with Crippen LogP contribution >= 0.6 is 11.6 Å². The zero-order valence-corrected chi connectivity index (χ0v) is 9.69. The van der Waals surface area contributed by atoms with Crippen LogP contribution in [0.1, 0.15) is 10.4 Å². The highest BCUT2D eigenvalue weighted by Crippen LogP contribution is 2.31. The second kappa shape index (κ2) is 5.01. The zero-order valence-electron chi connectivity index (χ0n) is 8.93. The van der Waals surface area contributed by atoms with Gasteiger partial charge in [0, 0.05) is 18.5 Å². The number of hydrogen-bond donors (Lipinski definition) is 1. The third kappa shape index (κ3) is 2.57. The van der Waals surface area contributed by atoms with Gasteiger partial charge in [0.05, 0.1) is 5.02 Å². The first-order valence-corrected chi connectivity index (χ1v) is 5.26. The van der Waals surface area contributed by atoms with Gasteiger partial charge < -0.3 is 9.84 Å². The van der Waals surface area contributed by atoms with E-state index in [2.05, 4.69) is 4.98 Å². The average molecular weight is 268 g/mol. The summed E-state index contributed by atoms with van der Waals surface area (Å²) in [6.07, 6.45) is 2.55. The van der Waals surface area contributed by atoms with Gasteiger partial charge in [-0.2, -0.15) is 0 Å². The molecule has 2 rings (SSSR count). The smallest absolute Gasteiger partial charge is 0.341 e. The lowest BCUT2D eigenvalue weighted by atomic mass is 10.2. The molecule has 0 radical (unpaired) electrons. The van der Waals surface area contributed by atoms with E-state index >= 15 is 0 Å². The number of benzene rings is 1. The van der Waals surface area contributed by atoms with Crippen molar-refractivity contribution in [3.8, 4) is 11.5 Å². The van der Waals surface area contributed by atoms with Gasteiger partial charge in [-0.05, 0) is 18.2 Å². The number of pyridine rings is 1. The molecule has 1 aromatic carbocycles. The number of carbonyl (C=O) groups is 1. The minimum absolute atomic E-state index is 0.0585. The van der Waals surface area contributed by atoms with Crippen molar-refractivity contribution in [2.75, 3.05) is 0 Å². The summed E-state index contributed by atoms with van der Waals surface area (Å²) in [5.41, 5.74) is -0.0992. The van der Waals surface area contributed by atoms with Gasteiger partial charge in [-0.3, -0.25) is 4.98 Å². The molecule has 2 aromatic rings. The summed E-state index contributed by atoms with van der Waals surface area (Å²) in [5, 5.41) is 9.00. The molecule has 0 atom stereocenters. The van der Waals surface area contributed by atoms with Crippen LogP contribution in [0.5, 0.6) is 11.5 Å². The Kier molecular flexibility index (Phi) is 3.43. The highest BCUT2D eigenvalue weighted by atomic mass is 35.5. The molecule has 0 saturated heterocycles. The summed E-state index contributed by atoms with van der Waals surface area (Å²) in [4.78, 5) is 14.6. The van der Waals surface area contributed by atoms with Crippen molar-refractivity contribution in [3.05, 3.63) is 53.1 Å². The fourth-order valence-electron chi connectivity index (χ4n) is 1.31. The fourth-order valence-corrected chi connectivity index (χ4v) is 1.51. The number of halogens is 2. The molecule has 1 N–H and O–H groups in total. The molecule has 0 amide bonds. The summed E-state index contributed by atoms with van der Waals surface area (Å²) < 4.78 is 18.2. The number of carboxylic acid groups (broad SMARTS) is 1. The summed E-state index contributed by atoms with van der Waals surface area (Å²) in [6, 6.07) is 4.97. The maximum Gasteiger partial charge on any atom is 0.341 e. The van der Waals surface area contributed by atoms with Gasteiger partial charge in [0.15, 0.2) is 0 Å². The summed E-state index contributed by atoms with van der Waals surface area (Å²) in [6.45, 7) is 0. The van der Waals surface area contributed by atoms with E-state index in [-0.39, 0.29) is 22.1 Å². The second-order valence-corrected chi connectivity index (χ2v) is 3.76. The Bertz CT molecular complexity index is 604. The molecule has 18 heavy (non-hydrogen) atoms. The van der Waals surface area contributed by atoms with Crippen LogP contribution in [0.3, 0.4) is 0 Å². The Morgan fingerprint density at radius 3 is 2.78 bits per heavy atom. The molecule has 0 spiro atoms. The number of rotatable bonds is 3. The Labute approximate surface area is 107 Å². The fraction of sp³-hybridized carbons (Fsp3) is 0. The molecule has 0 saturated carbocycles. The quantitative estimate of drug-likeness (QED) is 0.926. The number of nitrogens with zero attached hydrogens (tertiary/aromatic N) is 1. The molecular weight excluding hydrogens is 261 g/mol. The molecule has 0 unspecified atom stereocenters. The lowest BCUT2D eigenvalue weighted by Gasteiger charge is -2.09. The average Bonchev–Trinajstić information content (AvgIpc) is 2.33. The molecule has 0 bridgehead atoms. The van der Waals surface area contributed by atoms with Gasteiger partial charge in [0.25, 0.3) is 0 Å². The Balaban J connectivity index is 2.37. The first-order valence-electron chi connectivity index (χ1n) is 4.88. The molecule has 92 valence electrons. The van der Waals surface area contributed by atoms with E-state index in [0.29, 0.717) is 0 Å². The molecular formula is C12H7ClFNO3. The van der Waals surface area contributed by atoms with Crippen LogP contribution in [0.4, 0.5) is 4.39 Å². The standard InChI is InChI=1S/C12H7ClFNO3/c13-9-5-7(14)1-2-11(9)18-10-3-4-15-6-8(10)12(16)17/h1-6H,(H,16,17). The third-order valence-electron chi connectivity index (χ3n) is 2.13. The topological polar surface area (TPSA) is 59.4 Å². The van der Waals surface area contributed by atoms with Crippen LogP contribution in [0.2, 0.25) is 5.02 Å². The first kappa shape index (κ1) is 12.3. The van der Waals surface area contributed by atoms with Crippen LogP contribution in [-0.4, -0.2) is 16.1 Å². The minimum atomic E-state index is -1.17. The minimum Gasteiger partial charge on any atom is -0.477 e. The second-order valence-electron chi connectivity index (χ2n) is 3.35. The van der Waals surface area contributed by atoms with Crippen molar-refractivity contribution >= 4 is 17.6 Å². The maximum atomic E-state index is 12.8. The number of aromatic carboxylic acids is 1. The lowest BCUT2D eigenvalue weighted by Crippen LogP contribution is -2.00. The largest absolute Gasteiger partial charge is 0.477 e. The number of ether oxygens (including phenoxy) is 1. The van der Waals surface area contributed by atoms with Crippen molar-refractivity contribution in [2.24, 2.45) is 0 Å². The molecule has 6 heteroatoms. The van der Waals surface area contributed by atoms with E-state index in [4.69, 9.17) is 21.4 Å². The van der Waals surface area contributed by atoms with E-state index in [9.17, 15) is 9.18 Å². The van der Waals surface area contributed by atoms with Crippen molar-refractivity contribution in [3.63, 3.8) is 0 Å². The summed E-state index contributed by atoms with van der Waals surface area (Å²) >= 11 is 5.78. The van der Waals surface area contributed by atoms with E-state index in [1.54, 1.807) is 0 Å². The highest BCUT2D eigenvalue weighted by molar-refractivity contribution is 6.32. The van der Waals surface area contributed by atoms with Crippen molar-refractivity contribution in [1.29, 1.82) is 0 Å². The van der Waals surface area contributed by atoms with Crippen molar-refractivity contribution < 1.29 is 19.0 Å². The predicted octanol–water partition coefficient (Wildman–Crippen LogP) is 3.36. The molecule has 0 aliphatic rings. The zero-order chi connectivity index (χ0) is 13.1. The number of carboxylic acids is 1. The summed E-state index contributed by atoms with van der Waals surface area (Å²) in [7, 11) is 0. The molecule has 1 heterocycles. The predicted molar refractivity (Wildman–Crippen MR) is 62.7 cm³/mol. The van der Waals surface area contributed by atoms with Crippen LogP contribution in [0.15, 0.2) is 36.7 Å². The molecule has 0 fully saturated rings. The van der Waals surface area contributed by atoms with Crippen LogP contribution < -0.4 is 4.74 Å². The Morgan fingerprint density at radius 1 is 1.33 bits per heavy atom. The van der Waals surface area contributed by atoms with Crippen LogP contribution in [-0.2, 0) is 0 Å². The SMILES string of the molecule is O=C(O)c1cnccc1Oc1ccc(F)cc1Cl.